The smallest absolute Gasteiger partial charge is 0.243 e. The van der Waals surface area contributed by atoms with Crippen LogP contribution in [0.25, 0.3) is 0 Å². The molecule has 0 radical (unpaired) electrons. The molecule has 2 aromatic rings. The molecule has 2 fully saturated rings. The number of aromatic nitrogens is 1. The van der Waals surface area contributed by atoms with Crippen LogP contribution in [0.2, 0.25) is 0 Å². The van der Waals surface area contributed by atoms with Gasteiger partial charge in [0.2, 0.25) is 10.0 Å². The van der Waals surface area contributed by atoms with Gasteiger partial charge in [-0.2, -0.15) is 4.31 Å². The van der Waals surface area contributed by atoms with Gasteiger partial charge in [-0.05, 0) is 68.7 Å². The Morgan fingerprint density at radius 1 is 1.08 bits per heavy atom. The van der Waals surface area contributed by atoms with Crippen LogP contribution in [0.1, 0.15) is 43.2 Å². The molecule has 0 spiro atoms. The summed E-state index contributed by atoms with van der Waals surface area (Å²) in [4.78, 5) is 4.66. The Kier molecular flexibility index (Phi) is 4.84. The highest BCUT2D eigenvalue weighted by Crippen LogP contribution is 2.42. The van der Waals surface area contributed by atoms with E-state index in [0.717, 1.165) is 44.1 Å². The number of nitrogens with zero attached hydrogens (tertiary/aromatic N) is 2. The number of rotatable bonds is 4. The first-order chi connectivity index (χ1) is 12.6. The first-order valence-electron chi connectivity index (χ1n) is 9.55. The molecule has 2 saturated heterocycles. The first kappa shape index (κ1) is 17.7. The van der Waals surface area contributed by atoms with Gasteiger partial charge in [0.05, 0.1) is 4.90 Å². The molecule has 0 aliphatic carbocycles. The quantitative estimate of drug-likeness (QED) is 0.819. The normalized spacial score (nSPS) is 26.6. The van der Waals surface area contributed by atoms with E-state index in [-0.39, 0.29) is 12.1 Å². The van der Waals surface area contributed by atoms with Gasteiger partial charge in [0, 0.05) is 24.5 Å². The van der Waals surface area contributed by atoms with E-state index in [9.17, 15) is 8.42 Å². The van der Waals surface area contributed by atoms with Crippen LogP contribution in [-0.2, 0) is 16.4 Å². The maximum Gasteiger partial charge on any atom is 0.243 e. The third kappa shape index (κ3) is 3.30. The minimum atomic E-state index is -3.45. The molecule has 0 saturated carbocycles. The van der Waals surface area contributed by atoms with Crippen molar-refractivity contribution in [3.05, 3.63) is 59.9 Å². The van der Waals surface area contributed by atoms with Crippen molar-refractivity contribution in [3.63, 3.8) is 0 Å². The van der Waals surface area contributed by atoms with Crippen LogP contribution in [0.15, 0.2) is 53.7 Å². The molecule has 0 N–H and O–H groups in total. The van der Waals surface area contributed by atoms with E-state index in [1.165, 1.54) is 5.56 Å². The van der Waals surface area contributed by atoms with Crippen LogP contribution in [0, 0.1) is 12.8 Å². The van der Waals surface area contributed by atoms with E-state index in [1.54, 1.807) is 18.3 Å². The highest BCUT2D eigenvalue weighted by Gasteiger charge is 2.46. The zero-order valence-corrected chi connectivity index (χ0v) is 16.0. The molecule has 3 atom stereocenters. The van der Waals surface area contributed by atoms with Crippen molar-refractivity contribution in [3.8, 4) is 0 Å². The summed E-state index contributed by atoms with van der Waals surface area (Å²) in [6.45, 7) is 1.98. The lowest BCUT2D eigenvalue weighted by atomic mass is 9.86. The van der Waals surface area contributed by atoms with Crippen LogP contribution in [0.5, 0.6) is 0 Å². The van der Waals surface area contributed by atoms with Crippen LogP contribution in [0.3, 0.4) is 0 Å². The first-order valence-corrected chi connectivity index (χ1v) is 11.0. The van der Waals surface area contributed by atoms with Gasteiger partial charge in [-0.1, -0.05) is 30.2 Å². The summed E-state index contributed by atoms with van der Waals surface area (Å²) in [6.07, 6.45) is 9.74. The van der Waals surface area contributed by atoms with Gasteiger partial charge in [-0.25, -0.2) is 8.42 Å². The lowest BCUT2D eigenvalue weighted by molar-refractivity contribution is 0.265. The second kappa shape index (κ2) is 7.12. The predicted molar refractivity (Wildman–Crippen MR) is 102 cm³/mol. The SMILES string of the molecule is Cc1ccc(S(=O)(=O)N2C3CCCC(Cc4cccnc4)C2CC3)cc1. The molecule has 0 amide bonds. The van der Waals surface area contributed by atoms with Crippen molar-refractivity contribution in [2.24, 2.45) is 5.92 Å². The number of fused-ring (bicyclic) bond motifs is 2. The molecule has 26 heavy (non-hydrogen) atoms. The van der Waals surface area contributed by atoms with Crippen LogP contribution in [0.4, 0.5) is 0 Å². The largest absolute Gasteiger partial charge is 0.264 e. The van der Waals surface area contributed by atoms with E-state index < -0.39 is 10.0 Å². The molecule has 3 heterocycles. The summed E-state index contributed by atoms with van der Waals surface area (Å²) in [5, 5.41) is 0. The third-order valence-electron chi connectivity index (χ3n) is 5.96. The van der Waals surface area contributed by atoms with Crippen molar-refractivity contribution >= 4 is 10.0 Å². The van der Waals surface area contributed by atoms with E-state index >= 15 is 0 Å². The Bertz CT molecular complexity index is 849. The maximum atomic E-state index is 13.4. The molecule has 1 aromatic heterocycles. The van der Waals surface area contributed by atoms with E-state index in [0.29, 0.717) is 10.8 Å². The number of hydrogen-bond donors (Lipinski definition) is 0. The van der Waals surface area contributed by atoms with Gasteiger partial charge in [-0.3, -0.25) is 4.98 Å². The van der Waals surface area contributed by atoms with Crippen LogP contribution >= 0.6 is 0 Å². The van der Waals surface area contributed by atoms with E-state index in [1.807, 2.05) is 35.6 Å². The summed E-state index contributed by atoms with van der Waals surface area (Å²) < 4.78 is 28.7. The number of pyridine rings is 1. The minimum Gasteiger partial charge on any atom is -0.264 e. The fourth-order valence-corrected chi connectivity index (χ4v) is 6.64. The molecule has 2 bridgehead atoms. The standard InChI is InChI=1S/C21H26N2O2S/c1-16-7-10-20(11-8-16)26(24,25)23-19-6-2-5-18(21(23)12-9-19)14-17-4-3-13-22-15-17/h3-4,7-8,10-11,13,15,18-19,21H,2,5-6,9,12,14H2,1H3. The molecule has 5 heteroatoms. The fourth-order valence-electron chi connectivity index (χ4n) is 4.68. The van der Waals surface area contributed by atoms with Crippen molar-refractivity contribution in [2.75, 3.05) is 0 Å². The molecular weight excluding hydrogens is 344 g/mol. The molecule has 4 rings (SSSR count). The Hall–Kier alpha value is -1.72. The third-order valence-corrected chi connectivity index (χ3v) is 7.95. The lowest BCUT2D eigenvalue weighted by Crippen LogP contribution is -2.43. The second-order valence-electron chi connectivity index (χ2n) is 7.70. The van der Waals surface area contributed by atoms with Crippen molar-refractivity contribution in [2.45, 2.75) is 62.4 Å². The van der Waals surface area contributed by atoms with Gasteiger partial charge in [-0.15, -0.1) is 0 Å². The number of sulfonamides is 1. The maximum absolute atomic E-state index is 13.4. The van der Waals surface area contributed by atoms with E-state index in [2.05, 4.69) is 11.1 Å². The van der Waals surface area contributed by atoms with Crippen molar-refractivity contribution in [1.29, 1.82) is 0 Å². The molecule has 2 aliphatic rings. The summed E-state index contributed by atoms with van der Waals surface area (Å²) in [5.74, 6) is 0.368. The topological polar surface area (TPSA) is 50.3 Å². The minimum absolute atomic E-state index is 0.106. The second-order valence-corrected chi connectivity index (χ2v) is 9.55. The van der Waals surface area contributed by atoms with Gasteiger partial charge in [0.1, 0.15) is 0 Å². The van der Waals surface area contributed by atoms with E-state index in [4.69, 9.17) is 0 Å². The highest BCUT2D eigenvalue weighted by atomic mass is 32.2. The highest BCUT2D eigenvalue weighted by molar-refractivity contribution is 7.89. The summed E-state index contributed by atoms with van der Waals surface area (Å²) in [7, 11) is -3.45. The zero-order chi connectivity index (χ0) is 18.1. The summed E-state index contributed by atoms with van der Waals surface area (Å²) >= 11 is 0. The molecule has 3 unspecified atom stereocenters. The Morgan fingerprint density at radius 2 is 1.88 bits per heavy atom. The van der Waals surface area contributed by atoms with Crippen molar-refractivity contribution < 1.29 is 8.42 Å². The zero-order valence-electron chi connectivity index (χ0n) is 15.2. The molecule has 138 valence electrons. The van der Waals surface area contributed by atoms with Gasteiger partial charge >= 0.3 is 0 Å². The Balaban J connectivity index is 1.65. The van der Waals surface area contributed by atoms with Gasteiger partial charge in [0.25, 0.3) is 0 Å². The van der Waals surface area contributed by atoms with Crippen LogP contribution < -0.4 is 0 Å². The monoisotopic (exact) mass is 370 g/mol. The fraction of sp³-hybridized carbons (Fsp3) is 0.476. The molecular formula is C21H26N2O2S. The number of aryl methyl sites for hydroxylation is 1. The molecule has 4 nitrogen and oxygen atoms in total. The van der Waals surface area contributed by atoms with Gasteiger partial charge in [0.15, 0.2) is 0 Å². The molecule has 2 aliphatic heterocycles. The van der Waals surface area contributed by atoms with Crippen molar-refractivity contribution in [1.82, 2.24) is 9.29 Å². The Morgan fingerprint density at radius 3 is 2.62 bits per heavy atom. The average molecular weight is 371 g/mol. The van der Waals surface area contributed by atoms with Gasteiger partial charge < -0.3 is 0 Å². The number of benzene rings is 1. The number of hydrogen-bond acceptors (Lipinski definition) is 3. The molecule has 1 aromatic carbocycles. The Labute approximate surface area is 156 Å². The summed E-state index contributed by atoms with van der Waals surface area (Å²) in [6, 6.07) is 11.6. The van der Waals surface area contributed by atoms with Crippen LogP contribution in [-0.4, -0.2) is 29.8 Å². The predicted octanol–water partition coefficient (Wildman–Crippen LogP) is 3.95. The summed E-state index contributed by atoms with van der Waals surface area (Å²) in [5.41, 5.74) is 2.28. The lowest BCUT2D eigenvalue weighted by Gasteiger charge is -2.31. The average Bonchev–Trinajstić information content (AvgIpc) is 2.97.